The van der Waals surface area contributed by atoms with Gasteiger partial charge in [-0.15, -0.1) is 0 Å². The monoisotopic (exact) mass is 363 g/mol. The van der Waals surface area contributed by atoms with E-state index in [-0.39, 0.29) is 18.3 Å². The number of hydrogen-bond acceptors (Lipinski definition) is 4. The van der Waals surface area contributed by atoms with Crippen molar-refractivity contribution < 1.29 is 14.5 Å². The Morgan fingerprint density at radius 1 is 1.50 bits per heavy atom. The predicted octanol–water partition coefficient (Wildman–Crippen LogP) is 3.04. The number of benzene rings is 1. The first kappa shape index (κ1) is 14.9. The van der Waals surface area contributed by atoms with Crippen molar-refractivity contribution in [3.8, 4) is 0 Å². The zero-order valence-electron chi connectivity index (χ0n) is 10.4. The molecule has 0 fully saturated rings. The summed E-state index contributed by atoms with van der Waals surface area (Å²) in [5.74, 6) is -0.388. The number of carbonyl (C=O) groups excluding carboxylic acids is 1. The van der Waals surface area contributed by atoms with Crippen LogP contribution in [0.15, 0.2) is 18.2 Å². The summed E-state index contributed by atoms with van der Waals surface area (Å²) >= 11 is 1.90. The maximum Gasteiger partial charge on any atom is 0.315 e. The van der Waals surface area contributed by atoms with Crippen LogP contribution in [0.4, 0.5) is 5.69 Å². The molecule has 0 heterocycles. The molecule has 1 aromatic carbocycles. The van der Waals surface area contributed by atoms with E-state index < -0.39 is 10.3 Å². The van der Waals surface area contributed by atoms with Gasteiger partial charge >= 0.3 is 5.97 Å². The van der Waals surface area contributed by atoms with Gasteiger partial charge in [0.15, 0.2) is 0 Å². The van der Waals surface area contributed by atoms with Gasteiger partial charge in [-0.3, -0.25) is 14.9 Å². The highest BCUT2D eigenvalue weighted by Gasteiger charge is 2.33. The predicted molar refractivity (Wildman–Crippen MR) is 75.5 cm³/mol. The molecule has 0 aromatic heterocycles. The molecule has 0 spiro atoms. The summed E-state index contributed by atoms with van der Waals surface area (Å²) in [6.07, 6.45) is 0. The molecule has 0 saturated heterocycles. The molecule has 1 aromatic rings. The molecule has 0 radical (unpaired) electrons. The van der Waals surface area contributed by atoms with Crippen molar-refractivity contribution in [1.29, 1.82) is 0 Å². The Hall–Kier alpha value is -1.18. The van der Waals surface area contributed by atoms with Gasteiger partial charge in [0.2, 0.25) is 0 Å². The van der Waals surface area contributed by atoms with Crippen LogP contribution in [-0.2, 0) is 14.9 Å². The maximum atomic E-state index is 11.8. The van der Waals surface area contributed by atoms with Crippen LogP contribution >= 0.6 is 22.6 Å². The molecule has 0 bridgehead atoms. The van der Waals surface area contributed by atoms with Crippen LogP contribution in [0.2, 0.25) is 0 Å². The topological polar surface area (TPSA) is 69.4 Å². The summed E-state index contributed by atoms with van der Waals surface area (Å²) in [6, 6.07) is 4.78. The molecule has 0 N–H and O–H groups in total. The average Bonchev–Trinajstić information content (AvgIpc) is 2.29. The Bertz CT molecular complexity index is 485. The van der Waals surface area contributed by atoms with Crippen LogP contribution < -0.4 is 0 Å². The smallest absolute Gasteiger partial charge is 0.315 e. The highest BCUT2D eigenvalue weighted by molar-refractivity contribution is 14.1. The van der Waals surface area contributed by atoms with Crippen LogP contribution in [0.1, 0.15) is 26.3 Å². The molecule has 0 unspecified atom stereocenters. The van der Waals surface area contributed by atoms with Crippen LogP contribution in [0.5, 0.6) is 0 Å². The second kappa shape index (κ2) is 5.64. The lowest BCUT2D eigenvalue weighted by atomic mass is 9.84. The number of nitro benzene ring substituents is 1. The van der Waals surface area contributed by atoms with Gasteiger partial charge in [0.05, 0.1) is 20.5 Å². The molecule has 0 aliphatic heterocycles. The standard InChI is InChI=1S/C12H14INO4/c1-4-18-11(15)12(2,3)8-5-6-9(13)10(7-8)14(16)17/h5-7H,4H2,1-3H3. The summed E-state index contributed by atoms with van der Waals surface area (Å²) in [7, 11) is 0. The minimum absolute atomic E-state index is 0.00507. The lowest BCUT2D eigenvalue weighted by Gasteiger charge is -2.22. The lowest BCUT2D eigenvalue weighted by molar-refractivity contribution is -0.385. The Kier molecular flexibility index (Phi) is 4.66. The van der Waals surface area contributed by atoms with E-state index in [0.29, 0.717) is 9.13 Å². The lowest BCUT2D eigenvalue weighted by Crippen LogP contribution is -2.31. The number of nitrogens with zero attached hydrogens (tertiary/aromatic N) is 1. The molecular weight excluding hydrogens is 349 g/mol. The Morgan fingerprint density at radius 3 is 2.61 bits per heavy atom. The van der Waals surface area contributed by atoms with Gasteiger partial charge in [-0.05, 0) is 55.0 Å². The molecule has 0 saturated carbocycles. The van der Waals surface area contributed by atoms with Crippen molar-refractivity contribution in [3.05, 3.63) is 37.4 Å². The summed E-state index contributed by atoms with van der Waals surface area (Å²) in [5.41, 5.74) is -0.316. The number of esters is 1. The van der Waals surface area contributed by atoms with E-state index in [1.54, 1.807) is 32.9 Å². The fourth-order valence-electron chi connectivity index (χ4n) is 1.47. The van der Waals surface area contributed by atoms with E-state index in [1.807, 2.05) is 22.6 Å². The largest absolute Gasteiger partial charge is 0.465 e. The molecular formula is C12H14INO4. The first-order valence-corrected chi connectivity index (χ1v) is 6.50. The number of halogens is 1. The van der Waals surface area contributed by atoms with Gasteiger partial charge in [-0.2, -0.15) is 0 Å². The maximum absolute atomic E-state index is 11.8. The summed E-state index contributed by atoms with van der Waals surface area (Å²) in [5, 5.41) is 10.9. The molecule has 0 atom stereocenters. The van der Waals surface area contributed by atoms with Crippen LogP contribution in [-0.4, -0.2) is 17.5 Å². The first-order valence-electron chi connectivity index (χ1n) is 5.42. The van der Waals surface area contributed by atoms with Crippen LogP contribution in [0.3, 0.4) is 0 Å². The van der Waals surface area contributed by atoms with Crippen molar-refractivity contribution in [2.24, 2.45) is 0 Å². The normalized spacial score (nSPS) is 11.1. The van der Waals surface area contributed by atoms with E-state index in [1.165, 1.54) is 6.07 Å². The summed E-state index contributed by atoms with van der Waals surface area (Å²) < 4.78 is 5.52. The van der Waals surface area contributed by atoms with Gasteiger partial charge in [0.25, 0.3) is 5.69 Å². The van der Waals surface area contributed by atoms with Crippen LogP contribution in [0.25, 0.3) is 0 Å². The molecule has 5 nitrogen and oxygen atoms in total. The fourth-order valence-corrected chi connectivity index (χ4v) is 2.00. The highest BCUT2D eigenvalue weighted by Crippen LogP contribution is 2.30. The van der Waals surface area contributed by atoms with Crippen molar-refractivity contribution in [2.45, 2.75) is 26.2 Å². The summed E-state index contributed by atoms with van der Waals surface area (Å²) in [4.78, 5) is 22.3. The van der Waals surface area contributed by atoms with E-state index in [9.17, 15) is 14.9 Å². The number of carbonyl (C=O) groups is 1. The zero-order chi connectivity index (χ0) is 13.9. The van der Waals surface area contributed by atoms with E-state index in [4.69, 9.17) is 4.74 Å². The van der Waals surface area contributed by atoms with Gasteiger partial charge in [0, 0.05) is 6.07 Å². The number of ether oxygens (including phenoxy) is 1. The molecule has 98 valence electrons. The van der Waals surface area contributed by atoms with Gasteiger partial charge < -0.3 is 4.74 Å². The van der Waals surface area contributed by atoms with Crippen molar-refractivity contribution in [1.82, 2.24) is 0 Å². The van der Waals surface area contributed by atoms with Crippen molar-refractivity contribution in [2.75, 3.05) is 6.61 Å². The third-order valence-corrected chi connectivity index (χ3v) is 3.56. The second-order valence-corrected chi connectivity index (χ2v) is 5.43. The Balaban J connectivity index is 3.21. The first-order chi connectivity index (χ1) is 8.30. The Labute approximate surface area is 119 Å². The highest BCUT2D eigenvalue weighted by atomic mass is 127. The number of nitro groups is 1. The van der Waals surface area contributed by atoms with Crippen LogP contribution in [0, 0.1) is 13.7 Å². The molecule has 6 heteroatoms. The third-order valence-electron chi connectivity index (χ3n) is 2.65. The van der Waals surface area contributed by atoms with E-state index in [2.05, 4.69) is 0 Å². The number of hydrogen-bond donors (Lipinski definition) is 0. The van der Waals surface area contributed by atoms with Gasteiger partial charge in [0.1, 0.15) is 0 Å². The van der Waals surface area contributed by atoms with Gasteiger partial charge in [-0.25, -0.2) is 0 Å². The average molecular weight is 363 g/mol. The minimum atomic E-state index is -0.898. The van der Waals surface area contributed by atoms with E-state index >= 15 is 0 Å². The van der Waals surface area contributed by atoms with E-state index in [0.717, 1.165) is 0 Å². The fraction of sp³-hybridized carbons (Fsp3) is 0.417. The molecule has 18 heavy (non-hydrogen) atoms. The van der Waals surface area contributed by atoms with Crippen molar-refractivity contribution in [3.63, 3.8) is 0 Å². The summed E-state index contributed by atoms with van der Waals surface area (Å²) in [6.45, 7) is 5.40. The number of rotatable bonds is 4. The molecule has 0 aliphatic carbocycles. The molecule has 1 rings (SSSR count). The third kappa shape index (κ3) is 2.98. The SMILES string of the molecule is CCOC(=O)C(C)(C)c1ccc(I)c([N+](=O)[O-])c1. The Morgan fingerprint density at radius 2 is 2.11 bits per heavy atom. The van der Waals surface area contributed by atoms with Crippen molar-refractivity contribution >= 4 is 34.2 Å². The van der Waals surface area contributed by atoms with Gasteiger partial charge in [-0.1, -0.05) is 6.07 Å². The molecule has 0 amide bonds. The quantitative estimate of drug-likeness (QED) is 0.357. The zero-order valence-corrected chi connectivity index (χ0v) is 12.6. The minimum Gasteiger partial charge on any atom is -0.465 e. The second-order valence-electron chi connectivity index (χ2n) is 4.27. The molecule has 0 aliphatic rings.